The van der Waals surface area contributed by atoms with Crippen LogP contribution in [0.5, 0.6) is 0 Å². The standard InChI is InChI=1S/C14H16N2O/c1-9-3-4-11-12(8-17)13-7-15-5-6-16(13)14(11)10(9)2/h3-4,8,15H,5-7H2,1-2H3. The molecule has 3 nitrogen and oxygen atoms in total. The fourth-order valence-electron chi connectivity index (χ4n) is 2.77. The molecule has 3 rings (SSSR count). The predicted octanol–water partition coefficient (Wildman–Crippen LogP) is 2.17. The van der Waals surface area contributed by atoms with Gasteiger partial charge >= 0.3 is 0 Å². The van der Waals surface area contributed by atoms with Gasteiger partial charge in [0.1, 0.15) is 0 Å². The first-order valence-corrected chi connectivity index (χ1v) is 6.01. The molecule has 1 aliphatic heterocycles. The third kappa shape index (κ3) is 1.35. The summed E-state index contributed by atoms with van der Waals surface area (Å²) in [4.78, 5) is 11.3. The van der Waals surface area contributed by atoms with Crippen LogP contribution in [0.3, 0.4) is 0 Å². The van der Waals surface area contributed by atoms with Crippen LogP contribution in [0.2, 0.25) is 0 Å². The Kier molecular flexibility index (Phi) is 2.30. The van der Waals surface area contributed by atoms with Crippen molar-refractivity contribution in [3.8, 4) is 0 Å². The number of nitrogens with zero attached hydrogens (tertiary/aromatic N) is 1. The Bertz CT molecular complexity index is 610. The van der Waals surface area contributed by atoms with Crippen LogP contribution in [0.25, 0.3) is 10.9 Å². The highest BCUT2D eigenvalue weighted by molar-refractivity contribution is 6.01. The third-order valence-electron chi connectivity index (χ3n) is 3.82. The first-order chi connectivity index (χ1) is 8.24. The van der Waals surface area contributed by atoms with Crippen molar-refractivity contribution < 1.29 is 4.79 Å². The lowest BCUT2D eigenvalue weighted by atomic mass is 10.0. The number of aldehydes is 1. The van der Waals surface area contributed by atoms with E-state index in [1.807, 2.05) is 0 Å². The lowest BCUT2D eigenvalue weighted by Gasteiger charge is -2.18. The van der Waals surface area contributed by atoms with Crippen LogP contribution in [0.4, 0.5) is 0 Å². The molecule has 0 unspecified atom stereocenters. The van der Waals surface area contributed by atoms with E-state index in [-0.39, 0.29) is 0 Å². The van der Waals surface area contributed by atoms with Crippen LogP contribution < -0.4 is 5.32 Å². The number of nitrogens with one attached hydrogen (secondary N) is 1. The quantitative estimate of drug-likeness (QED) is 0.759. The smallest absolute Gasteiger partial charge is 0.152 e. The Balaban J connectivity index is 2.47. The highest BCUT2D eigenvalue weighted by Gasteiger charge is 2.20. The molecule has 0 saturated carbocycles. The van der Waals surface area contributed by atoms with Crippen molar-refractivity contribution in [3.05, 3.63) is 34.5 Å². The zero-order valence-corrected chi connectivity index (χ0v) is 10.2. The molecule has 1 aromatic carbocycles. The van der Waals surface area contributed by atoms with Crippen LogP contribution in [0.1, 0.15) is 27.2 Å². The number of aryl methyl sites for hydroxylation is 2. The molecule has 17 heavy (non-hydrogen) atoms. The number of benzene rings is 1. The average Bonchev–Trinajstić information content (AvgIpc) is 2.68. The number of carbonyl (C=O) groups excluding carboxylic acids is 1. The van der Waals surface area contributed by atoms with Gasteiger partial charge in [0.2, 0.25) is 0 Å². The van der Waals surface area contributed by atoms with Gasteiger partial charge in [0, 0.05) is 36.3 Å². The second-order valence-electron chi connectivity index (χ2n) is 4.71. The van der Waals surface area contributed by atoms with Crippen LogP contribution in [-0.2, 0) is 13.1 Å². The molecule has 0 saturated heterocycles. The fraction of sp³-hybridized carbons (Fsp3) is 0.357. The molecule has 2 heterocycles. The summed E-state index contributed by atoms with van der Waals surface area (Å²) < 4.78 is 2.30. The van der Waals surface area contributed by atoms with Crippen molar-refractivity contribution in [3.63, 3.8) is 0 Å². The van der Waals surface area contributed by atoms with Crippen molar-refractivity contribution in [1.29, 1.82) is 0 Å². The van der Waals surface area contributed by atoms with Crippen molar-refractivity contribution >= 4 is 17.2 Å². The minimum atomic E-state index is 0.793. The first-order valence-electron chi connectivity index (χ1n) is 6.01. The first kappa shape index (κ1) is 10.5. The van der Waals surface area contributed by atoms with E-state index in [1.54, 1.807) is 0 Å². The molecule has 0 radical (unpaired) electrons. The van der Waals surface area contributed by atoms with Gasteiger partial charge in [-0.2, -0.15) is 0 Å². The van der Waals surface area contributed by atoms with Crippen molar-refractivity contribution in [2.24, 2.45) is 0 Å². The van der Waals surface area contributed by atoms with Gasteiger partial charge in [0.05, 0.1) is 5.52 Å². The topological polar surface area (TPSA) is 34.0 Å². The van der Waals surface area contributed by atoms with Gasteiger partial charge in [-0.15, -0.1) is 0 Å². The van der Waals surface area contributed by atoms with Gasteiger partial charge in [-0.05, 0) is 25.0 Å². The van der Waals surface area contributed by atoms with Crippen LogP contribution >= 0.6 is 0 Å². The fourth-order valence-corrected chi connectivity index (χ4v) is 2.77. The van der Waals surface area contributed by atoms with Gasteiger partial charge in [-0.3, -0.25) is 4.79 Å². The summed E-state index contributed by atoms with van der Waals surface area (Å²) in [5.74, 6) is 0. The molecule has 0 spiro atoms. The maximum atomic E-state index is 11.3. The molecule has 0 aliphatic carbocycles. The number of fused-ring (bicyclic) bond motifs is 3. The van der Waals surface area contributed by atoms with Crippen molar-refractivity contribution in [2.75, 3.05) is 6.54 Å². The Hall–Kier alpha value is -1.61. The average molecular weight is 228 g/mol. The maximum Gasteiger partial charge on any atom is 0.152 e. The number of aromatic nitrogens is 1. The van der Waals surface area contributed by atoms with Gasteiger partial charge in [0.25, 0.3) is 0 Å². The summed E-state index contributed by atoms with van der Waals surface area (Å²) in [6.45, 7) is 6.98. The molecule has 2 aromatic rings. The maximum absolute atomic E-state index is 11.3. The third-order valence-corrected chi connectivity index (χ3v) is 3.82. The van der Waals surface area contributed by atoms with Gasteiger partial charge in [0.15, 0.2) is 6.29 Å². The molecular formula is C14H16N2O. The number of hydrogen-bond acceptors (Lipinski definition) is 2. The van der Waals surface area contributed by atoms with E-state index < -0.39 is 0 Å². The molecule has 1 aliphatic rings. The Morgan fingerprint density at radius 2 is 2.18 bits per heavy atom. The van der Waals surface area contributed by atoms with E-state index in [1.165, 1.54) is 16.6 Å². The monoisotopic (exact) mass is 228 g/mol. The van der Waals surface area contributed by atoms with E-state index in [0.717, 1.165) is 42.6 Å². The summed E-state index contributed by atoms with van der Waals surface area (Å²) >= 11 is 0. The van der Waals surface area contributed by atoms with E-state index in [0.29, 0.717) is 0 Å². The molecule has 0 amide bonds. The normalized spacial score (nSPS) is 14.9. The van der Waals surface area contributed by atoms with Crippen LogP contribution in [-0.4, -0.2) is 17.4 Å². The second kappa shape index (κ2) is 3.70. The number of hydrogen-bond donors (Lipinski definition) is 1. The molecular weight excluding hydrogens is 212 g/mol. The van der Waals surface area contributed by atoms with E-state index in [2.05, 4.69) is 35.9 Å². The van der Waals surface area contributed by atoms with E-state index in [4.69, 9.17) is 0 Å². The highest BCUT2D eigenvalue weighted by Crippen LogP contribution is 2.30. The summed E-state index contributed by atoms with van der Waals surface area (Å²) in [5, 5.41) is 4.43. The SMILES string of the molecule is Cc1ccc2c(C=O)c3n(c2c1C)CCNC3. The lowest BCUT2D eigenvalue weighted by Crippen LogP contribution is -2.28. The molecule has 0 bridgehead atoms. The molecule has 3 heteroatoms. The number of rotatable bonds is 1. The lowest BCUT2D eigenvalue weighted by molar-refractivity contribution is 0.112. The summed E-state index contributed by atoms with van der Waals surface area (Å²) in [7, 11) is 0. The molecule has 0 atom stereocenters. The molecule has 88 valence electrons. The predicted molar refractivity (Wildman–Crippen MR) is 68.5 cm³/mol. The van der Waals surface area contributed by atoms with Gasteiger partial charge in [-0.25, -0.2) is 0 Å². The van der Waals surface area contributed by atoms with Crippen LogP contribution in [0.15, 0.2) is 12.1 Å². The highest BCUT2D eigenvalue weighted by atomic mass is 16.1. The Labute approximate surface area is 100 Å². The molecule has 0 fully saturated rings. The second-order valence-corrected chi connectivity index (χ2v) is 4.71. The van der Waals surface area contributed by atoms with E-state index in [9.17, 15) is 4.79 Å². The minimum absolute atomic E-state index is 0.793. The zero-order chi connectivity index (χ0) is 12.0. The van der Waals surface area contributed by atoms with Crippen molar-refractivity contribution in [1.82, 2.24) is 9.88 Å². The minimum Gasteiger partial charge on any atom is -0.341 e. The summed E-state index contributed by atoms with van der Waals surface area (Å²) in [5.41, 5.74) is 5.81. The van der Waals surface area contributed by atoms with E-state index >= 15 is 0 Å². The van der Waals surface area contributed by atoms with Gasteiger partial charge in [-0.1, -0.05) is 12.1 Å². The summed E-state index contributed by atoms with van der Waals surface area (Å²) in [6.07, 6.45) is 0.996. The summed E-state index contributed by atoms with van der Waals surface area (Å²) in [6, 6.07) is 4.18. The largest absolute Gasteiger partial charge is 0.341 e. The number of carbonyl (C=O) groups is 1. The molecule has 1 aromatic heterocycles. The molecule has 1 N–H and O–H groups in total. The Morgan fingerprint density at radius 1 is 1.35 bits per heavy atom. The zero-order valence-electron chi connectivity index (χ0n) is 10.2. The Morgan fingerprint density at radius 3 is 2.94 bits per heavy atom. The van der Waals surface area contributed by atoms with Gasteiger partial charge < -0.3 is 9.88 Å². The van der Waals surface area contributed by atoms with Crippen molar-refractivity contribution in [2.45, 2.75) is 26.9 Å². The van der Waals surface area contributed by atoms with Crippen LogP contribution in [0, 0.1) is 13.8 Å².